The Morgan fingerprint density at radius 3 is 2.57 bits per heavy atom. The number of hydrogen-bond acceptors (Lipinski definition) is 7. The van der Waals surface area contributed by atoms with Crippen LogP contribution in [0.1, 0.15) is 28.8 Å². The minimum Gasteiger partial charge on any atom is -0.478 e. The van der Waals surface area contributed by atoms with Crippen molar-refractivity contribution in [3.63, 3.8) is 0 Å². The number of carboxylic acids is 1. The fourth-order valence-corrected chi connectivity index (χ4v) is 4.06. The van der Waals surface area contributed by atoms with Crippen LogP contribution in [-0.4, -0.2) is 58.7 Å². The number of nitrogens with one attached hydrogen (secondary N) is 1. The van der Waals surface area contributed by atoms with Gasteiger partial charge in [0.05, 0.1) is 23.5 Å². The fourth-order valence-electron chi connectivity index (χ4n) is 4.06. The van der Waals surface area contributed by atoms with Crippen molar-refractivity contribution >= 4 is 22.8 Å². The van der Waals surface area contributed by atoms with Crippen molar-refractivity contribution in [1.82, 2.24) is 34.5 Å². The Bertz CT molecular complexity index is 1430. The van der Waals surface area contributed by atoms with Crippen molar-refractivity contribution in [2.75, 3.05) is 18.0 Å². The molecule has 0 radical (unpaired) electrons. The number of aromatic carboxylic acids is 1. The standard InChI is InChI=1S/C21H19F3N8O3/c22-21(23,24)14-1-2-16(25-8-14)30-5-3-12(4-6-30)9-31-11-15-17(29-31)18(33)28-20(27-15)32-10-13(7-26-32)19(34)35/h1-2,7-8,10-12H,3-6,9H2,(H,34,35)(H,27,28,33). The first-order valence-electron chi connectivity index (χ1n) is 10.7. The van der Waals surface area contributed by atoms with Crippen LogP contribution < -0.4 is 10.5 Å². The number of H-pyrrole nitrogens is 1. The number of rotatable bonds is 5. The maximum absolute atomic E-state index is 12.7. The van der Waals surface area contributed by atoms with Crippen molar-refractivity contribution in [2.24, 2.45) is 5.92 Å². The molecule has 0 amide bonds. The molecule has 0 atom stereocenters. The minimum absolute atomic E-state index is 0.0405. The summed E-state index contributed by atoms with van der Waals surface area (Å²) in [5.74, 6) is -0.313. The average Bonchev–Trinajstić information content (AvgIpc) is 3.47. The van der Waals surface area contributed by atoms with Crippen molar-refractivity contribution in [3.05, 3.63) is 58.4 Å². The van der Waals surface area contributed by atoms with Gasteiger partial charge in [0.1, 0.15) is 11.3 Å². The molecule has 0 aliphatic carbocycles. The van der Waals surface area contributed by atoms with E-state index in [0.717, 1.165) is 31.3 Å². The number of carbonyl (C=O) groups is 1. The van der Waals surface area contributed by atoms with Crippen LogP contribution in [-0.2, 0) is 12.7 Å². The summed E-state index contributed by atoms with van der Waals surface area (Å²) < 4.78 is 41.1. The van der Waals surface area contributed by atoms with Crippen molar-refractivity contribution < 1.29 is 23.1 Å². The second-order valence-corrected chi connectivity index (χ2v) is 8.29. The van der Waals surface area contributed by atoms with Crippen LogP contribution in [0.5, 0.6) is 0 Å². The van der Waals surface area contributed by atoms with E-state index in [0.29, 0.717) is 31.0 Å². The highest BCUT2D eigenvalue weighted by molar-refractivity contribution is 5.87. The molecular weight excluding hydrogens is 469 g/mol. The van der Waals surface area contributed by atoms with Crippen LogP contribution in [0, 0.1) is 5.92 Å². The molecule has 0 unspecified atom stereocenters. The molecular formula is C21H19F3N8O3. The number of halogens is 3. The van der Waals surface area contributed by atoms with Gasteiger partial charge < -0.3 is 10.0 Å². The van der Waals surface area contributed by atoms with Gasteiger partial charge in [-0.2, -0.15) is 23.4 Å². The monoisotopic (exact) mass is 488 g/mol. The zero-order chi connectivity index (χ0) is 24.7. The second kappa shape index (κ2) is 8.52. The Kier molecular flexibility index (Phi) is 5.49. The van der Waals surface area contributed by atoms with Crippen LogP contribution in [0.4, 0.5) is 19.0 Å². The lowest BCUT2D eigenvalue weighted by Gasteiger charge is -2.32. The van der Waals surface area contributed by atoms with Gasteiger partial charge >= 0.3 is 12.1 Å². The molecule has 5 heterocycles. The Morgan fingerprint density at radius 2 is 1.94 bits per heavy atom. The Hall–Kier alpha value is -4.23. The lowest BCUT2D eigenvalue weighted by molar-refractivity contribution is -0.137. The average molecular weight is 488 g/mol. The second-order valence-electron chi connectivity index (χ2n) is 8.29. The predicted octanol–water partition coefficient (Wildman–Crippen LogP) is 2.33. The van der Waals surface area contributed by atoms with Crippen molar-refractivity contribution in [2.45, 2.75) is 25.6 Å². The molecule has 14 heteroatoms. The Labute approximate surface area is 194 Å². The Morgan fingerprint density at radius 1 is 1.17 bits per heavy atom. The summed E-state index contributed by atoms with van der Waals surface area (Å²) in [6.07, 6.45) is 2.04. The van der Waals surface area contributed by atoms with E-state index in [4.69, 9.17) is 5.11 Å². The third-order valence-electron chi connectivity index (χ3n) is 5.91. The van der Waals surface area contributed by atoms with Gasteiger partial charge in [0, 0.05) is 32.0 Å². The SMILES string of the molecule is O=C(O)c1cnn(-c2nc3cn(CC4CCN(c5ccc(C(F)(F)F)cn5)CC4)nc3c(=O)[nH]2)c1. The maximum Gasteiger partial charge on any atom is 0.417 e. The number of aromatic nitrogens is 7. The van der Waals surface area contributed by atoms with Crippen molar-refractivity contribution in [3.8, 4) is 5.95 Å². The molecule has 11 nitrogen and oxygen atoms in total. The molecule has 0 spiro atoms. The number of aromatic amines is 1. The highest BCUT2D eigenvalue weighted by Gasteiger charge is 2.31. The number of fused-ring (bicyclic) bond motifs is 1. The normalized spacial score (nSPS) is 15.1. The number of alkyl halides is 3. The van der Waals surface area contributed by atoms with Crippen LogP contribution in [0.2, 0.25) is 0 Å². The summed E-state index contributed by atoms with van der Waals surface area (Å²) in [6.45, 7) is 1.82. The third-order valence-corrected chi connectivity index (χ3v) is 5.91. The van der Waals surface area contributed by atoms with Gasteiger partial charge in [-0.3, -0.25) is 14.5 Å². The van der Waals surface area contributed by atoms with Gasteiger partial charge in [-0.1, -0.05) is 0 Å². The quantitative estimate of drug-likeness (QED) is 0.437. The molecule has 35 heavy (non-hydrogen) atoms. The highest BCUT2D eigenvalue weighted by Crippen LogP contribution is 2.30. The van der Waals surface area contributed by atoms with E-state index >= 15 is 0 Å². The molecule has 4 aromatic rings. The van der Waals surface area contributed by atoms with Gasteiger partial charge in [0.25, 0.3) is 5.56 Å². The number of pyridine rings is 1. The molecule has 1 aliphatic heterocycles. The number of hydrogen-bond donors (Lipinski definition) is 2. The molecule has 4 aromatic heterocycles. The van der Waals surface area contributed by atoms with E-state index in [1.807, 2.05) is 4.90 Å². The molecule has 5 rings (SSSR count). The summed E-state index contributed by atoms with van der Waals surface area (Å²) in [5, 5.41) is 17.3. The van der Waals surface area contributed by atoms with Crippen molar-refractivity contribution in [1.29, 1.82) is 0 Å². The molecule has 0 aromatic carbocycles. The van der Waals surface area contributed by atoms with Crippen LogP contribution in [0.25, 0.3) is 17.0 Å². The number of nitrogens with zero attached hydrogens (tertiary/aromatic N) is 7. The van der Waals surface area contributed by atoms with Crippen LogP contribution >= 0.6 is 0 Å². The van der Waals surface area contributed by atoms with Crippen LogP contribution in [0.15, 0.2) is 41.7 Å². The Balaban J connectivity index is 1.26. The minimum atomic E-state index is -4.41. The van der Waals surface area contributed by atoms with E-state index in [9.17, 15) is 22.8 Å². The molecule has 182 valence electrons. The summed E-state index contributed by atoms with van der Waals surface area (Å²) in [6, 6.07) is 2.42. The first-order chi connectivity index (χ1) is 16.7. The fraction of sp³-hybridized carbons (Fsp3) is 0.333. The van der Waals surface area contributed by atoms with E-state index in [2.05, 4.69) is 25.1 Å². The maximum atomic E-state index is 12.7. The van der Waals surface area contributed by atoms with E-state index in [1.165, 1.54) is 16.9 Å². The van der Waals surface area contributed by atoms with Gasteiger partial charge in [-0.15, -0.1) is 0 Å². The summed E-state index contributed by atoms with van der Waals surface area (Å²) in [5.41, 5.74) is -0.780. The highest BCUT2D eigenvalue weighted by atomic mass is 19.4. The smallest absolute Gasteiger partial charge is 0.417 e. The molecule has 2 N–H and O–H groups in total. The van der Waals surface area contributed by atoms with Gasteiger partial charge in [0.2, 0.25) is 5.95 Å². The molecule has 0 saturated carbocycles. The number of carboxylic acid groups (broad SMARTS) is 1. The first-order valence-corrected chi connectivity index (χ1v) is 10.7. The first kappa shape index (κ1) is 22.6. The third kappa shape index (κ3) is 4.58. The van der Waals surface area contributed by atoms with Gasteiger partial charge in [-0.05, 0) is 30.9 Å². The topological polar surface area (TPSA) is 135 Å². The lowest BCUT2D eigenvalue weighted by Crippen LogP contribution is -2.35. The summed E-state index contributed by atoms with van der Waals surface area (Å²) in [4.78, 5) is 36.4. The molecule has 1 aliphatic rings. The van der Waals surface area contributed by atoms with E-state index in [-0.39, 0.29) is 22.9 Å². The number of piperidine rings is 1. The molecule has 1 saturated heterocycles. The van der Waals surface area contributed by atoms with Crippen LogP contribution in [0.3, 0.4) is 0 Å². The summed E-state index contributed by atoms with van der Waals surface area (Å²) in [7, 11) is 0. The molecule has 1 fully saturated rings. The zero-order valence-corrected chi connectivity index (χ0v) is 18.1. The zero-order valence-electron chi connectivity index (χ0n) is 18.1. The number of anilines is 1. The lowest BCUT2D eigenvalue weighted by atomic mass is 9.97. The van der Waals surface area contributed by atoms with E-state index < -0.39 is 23.3 Å². The molecule has 0 bridgehead atoms. The predicted molar refractivity (Wildman–Crippen MR) is 116 cm³/mol. The largest absolute Gasteiger partial charge is 0.478 e. The van der Waals surface area contributed by atoms with E-state index in [1.54, 1.807) is 10.9 Å². The van der Waals surface area contributed by atoms with Gasteiger partial charge in [-0.25, -0.2) is 19.4 Å². The van der Waals surface area contributed by atoms with Gasteiger partial charge in [0.15, 0.2) is 5.52 Å². The summed E-state index contributed by atoms with van der Waals surface area (Å²) >= 11 is 0.